The van der Waals surface area contributed by atoms with Crippen LogP contribution in [-0.4, -0.2) is 14.1 Å². The van der Waals surface area contributed by atoms with E-state index in [4.69, 9.17) is 0 Å². The largest absolute Gasteiger partial charge is 0.344 e. The van der Waals surface area contributed by atoms with E-state index in [2.05, 4.69) is 39.9 Å². The molecule has 0 saturated heterocycles. The Morgan fingerprint density at radius 3 is 1.08 bits per heavy atom. The Balaban J connectivity index is -0.0000000465. The number of unbranched alkanes of at least 4 members (excludes halogenated alkanes) is 1. The van der Waals surface area contributed by atoms with E-state index in [9.17, 15) is 0 Å². The third-order valence-corrected chi connectivity index (χ3v) is 1.32. The van der Waals surface area contributed by atoms with Gasteiger partial charge in [0, 0.05) is 0 Å². The maximum Gasteiger partial charge on any atom is -0.0167 e. The second-order valence-electron chi connectivity index (χ2n) is 3.30. The van der Waals surface area contributed by atoms with Gasteiger partial charge in [0.1, 0.15) is 0 Å². The van der Waals surface area contributed by atoms with Crippen LogP contribution in [0.25, 0.3) is 0 Å². The molecule has 0 radical (unpaired) electrons. The maximum absolute atomic E-state index is 2.75. The van der Waals surface area contributed by atoms with Gasteiger partial charge in [-0.15, -0.1) is 0 Å². The molecule has 0 aromatic carbocycles. The van der Waals surface area contributed by atoms with Crippen molar-refractivity contribution in [3.05, 3.63) is 0 Å². The Morgan fingerprint density at radius 2 is 1.08 bits per heavy atom. The van der Waals surface area contributed by atoms with Crippen LogP contribution >= 0.6 is 0 Å². The van der Waals surface area contributed by atoms with Crippen molar-refractivity contribution in [2.45, 2.75) is 53.9 Å². The molecule has 0 aromatic rings. The van der Waals surface area contributed by atoms with Gasteiger partial charge < -0.3 is 11.5 Å². The van der Waals surface area contributed by atoms with Crippen LogP contribution in [0.4, 0.5) is 0 Å². The van der Waals surface area contributed by atoms with Gasteiger partial charge in [-0.05, 0) is 20.0 Å². The molecule has 0 spiro atoms. The Hall–Kier alpha value is -0.0800. The van der Waals surface area contributed by atoms with Crippen molar-refractivity contribution in [2.75, 3.05) is 14.1 Å². The predicted molar refractivity (Wildman–Crippen MR) is 65.7 cm³/mol. The van der Waals surface area contributed by atoms with Gasteiger partial charge in [-0.2, -0.15) is 0 Å². The van der Waals surface area contributed by atoms with Crippen molar-refractivity contribution in [3.8, 4) is 0 Å². The monoisotopic (exact) mass is 192 g/mol. The van der Waals surface area contributed by atoms with E-state index in [0.717, 1.165) is 5.92 Å². The van der Waals surface area contributed by atoms with E-state index in [1.807, 2.05) is 14.1 Å². The summed E-state index contributed by atoms with van der Waals surface area (Å²) in [6, 6.07) is 0. The van der Waals surface area contributed by atoms with Crippen molar-refractivity contribution >= 4 is 0 Å². The molecule has 0 unspecified atom stereocenters. The standard InChI is InChI=1S/C5H12.C4H10.C2H7N.H3N/c1-4-5(2)3;1-3-4-2;1-3-2;/h5H,4H2,1-3H3;3-4H2,1-2H3;3H,1-2H3;1H3. The second kappa shape index (κ2) is 29.7. The van der Waals surface area contributed by atoms with Crippen LogP contribution in [-0.2, 0) is 0 Å². The molecular weight excluding hydrogens is 160 g/mol. The number of hydrogen-bond acceptors (Lipinski definition) is 2. The minimum atomic E-state index is 0. The number of rotatable bonds is 2. The van der Waals surface area contributed by atoms with Gasteiger partial charge in [-0.1, -0.05) is 53.9 Å². The molecule has 0 atom stereocenters. The number of hydrogen-bond donors (Lipinski definition) is 2. The summed E-state index contributed by atoms with van der Waals surface area (Å²) < 4.78 is 0. The first kappa shape index (κ1) is 23.1. The van der Waals surface area contributed by atoms with Gasteiger partial charge in [-0.3, -0.25) is 0 Å². The first-order chi connectivity index (χ1) is 5.60. The molecule has 4 N–H and O–H groups in total. The maximum atomic E-state index is 2.75. The number of nitrogens with one attached hydrogen (secondary N) is 1. The average Bonchev–Trinajstić information content (AvgIpc) is 2.06. The van der Waals surface area contributed by atoms with Gasteiger partial charge in [0.05, 0.1) is 0 Å². The summed E-state index contributed by atoms with van der Waals surface area (Å²) in [5, 5.41) is 2.75. The molecule has 2 heteroatoms. The highest BCUT2D eigenvalue weighted by Crippen LogP contribution is 1.93. The lowest BCUT2D eigenvalue weighted by Crippen LogP contribution is -1.89. The van der Waals surface area contributed by atoms with E-state index in [1.165, 1.54) is 19.3 Å². The van der Waals surface area contributed by atoms with Crippen LogP contribution in [0.5, 0.6) is 0 Å². The van der Waals surface area contributed by atoms with E-state index in [0.29, 0.717) is 0 Å². The second-order valence-corrected chi connectivity index (χ2v) is 3.30. The third kappa shape index (κ3) is 138. The van der Waals surface area contributed by atoms with E-state index in [-0.39, 0.29) is 6.15 Å². The van der Waals surface area contributed by atoms with Crippen molar-refractivity contribution in [1.29, 1.82) is 0 Å². The zero-order valence-corrected chi connectivity index (χ0v) is 10.9. The summed E-state index contributed by atoms with van der Waals surface area (Å²) in [6.07, 6.45) is 3.94. The van der Waals surface area contributed by atoms with Crippen LogP contribution in [0.1, 0.15) is 53.9 Å². The highest BCUT2D eigenvalue weighted by atomic mass is 14.7. The van der Waals surface area contributed by atoms with Gasteiger partial charge >= 0.3 is 0 Å². The quantitative estimate of drug-likeness (QED) is 0.698. The normalized spacial score (nSPS) is 7.38. The summed E-state index contributed by atoms with van der Waals surface area (Å²) in [4.78, 5) is 0. The molecule has 0 saturated carbocycles. The third-order valence-electron chi connectivity index (χ3n) is 1.32. The fourth-order valence-electron chi connectivity index (χ4n) is 0. The van der Waals surface area contributed by atoms with Gasteiger partial charge in [0.25, 0.3) is 0 Å². The van der Waals surface area contributed by atoms with Crippen LogP contribution in [0.3, 0.4) is 0 Å². The van der Waals surface area contributed by atoms with Crippen molar-refractivity contribution in [3.63, 3.8) is 0 Å². The molecule has 0 heterocycles. The lowest BCUT2D eigenvalue weighted by molar-refractivity contribution is 0.626. The van der Waals surface area contributed by atoms with Crippen LogP contribution in [0, 0.1) is 5.92 Å². The summed E-state index contributed by atoms with van der Waals surface area (Å²) in [5.74, 6) is 0.884. The molecule has 0 aliphatic carbocycles. The molecule has 0 aromatic heterocycles. The minimum Gasteiger partial charge on any atom is -0.344 e. The fraction of sp³-hybridized carbons (Fsp3) is 1.00. The molecule has 86 valence electrons. The lowest BCUT2D eigenvalue weighted by atomic mass is 10.2. The first-order valence-corrected chi connectivity index (χ1v) is 5.18. The molecular formula is C11H32N2. The molecule has 0 rings (SSSR count). The van der Waals surface area contributed by atoms with E-state index < -0.39 is 0 Å². The molecule has 13 heavy (non-hydrogen) atoms. The molecule has 0 aliphatic rings. The molecule has 0 fully saturated rings. The van der Waals surface area contributed by atoms with Crippen molar-refractivity contribution < 1.29 is 0 Å². The van der Waals surface area contributed by atoms with E-state index >= 15 is 0 Å². The topological polar surface area (TPSA) is 47.0 Å². The van der Waals surface area contributed by atoms with Gasteiger partial charge in [-0.25, -0.2) is 0 Å². The summed E-state index contributed by atoms with van der Waals surface area (Å²) in [6.45, 7) is 11.0. The van der Waals surface area contributed by atoms with Crippen LogP contribution < -0.4 is 11.5 Å². The van der Waals surface area contributed by atoms with Crippen molar-refractivity contribution in [2.24, 2.45) is 5.92 Å². The van der Waals surface area contributed by atoms with Crippen molar-refractivity contribution in [1.82, 2.24) is 11.5 Å². The Kier molecular flexibility index (Phi) is 52.7. The summed E-state index contributed by atoms with van der Waals surface area (Å²) in [7, 11) is 3.75. The zero-order chi connectivity index (χ0) is 10.4. The Labute approximate surface area is 86.1 Å². The average molecular weight is 192 g/mol. The van der Waals surface area contributed by atoms with E-state index in [1.54, 1.807) is 0 Å². The summed E-state index contributed by atoms with van der Waals surface area (Å²) >= 11 is 0. The van der Waals surface area contributed by atoms with Gasteiger partial charge in [0.15, 0.2) is 0 Å². The van der Waals surface area contributed by atoms with Crippen LogP contribution in [0.15, 0.2) is 0 Å². The SMILES string of the molecule is CCC(C)C.CCCC.CNC.N. The highest BCUT2D eigenvalue weighted by molar-refractivity contribution is 4.32. The molecule has 0 bridgehead atoms. The Morgan fingerprint density at radius 1 is 0.923 bits per heavy atom. The van der Waals surface area contributed by atoms with Crippen LogP contribution in [0.2, 0.25) is 0 Å². The smallest absolute Gasteiger partial charge is 0.0167 e. The zero-order valence-electron chi connectivity index (χ0n) is 10.9. The molecule has 0 amide bonds. The minimum absolute atomic E-state index is 0. The molecule has 0 aliphatic heterocycles. The fourth-order valence-corrected chi connectivity index (χ4v) is 0. The predicted octanol–water partition coefficient (Wildman–Crippen LogP) is 3.86. The first-order valence-electron chi connectivity index (χ1n) is 5.18. The molecule has 2 nitrogen and oxygen atoms in total. The lowest BCUT2D eigenvalue weighted by Gasteiger charge is -1.90. The highest BCUT2D eigenvalue weighted by Gasteiger charge is 1.80. The van der Waals surface area contributed by atoms with Gasteiger partial charge in [0.2, 0.25) is 0 Å². The Bertz CT molecular complexity index is 43.4. The summed E-state index contributed by atoms with van der Waals surface area (Å²) in [5.41, 5.74) is 0.